The van der Waals surface area contributed by atoms with Crippen LogP contribution in [0.2, 0.25) is 0 Å². The van der Waals surface area contributed by atoms with Gasteiger partial charge in [0.15, 0.2) is 0 Å². The summed E-state index contributed by atoms with van der Waals surface area (Å²) in [6, 6.07) is 95.9. The fourth-order valence-corrected chi connectivity index (χ4v) is 14.2. The van der Waals surface area contributed by atoms with Gasteiger partial charge in [-0.05, 0) is 237 Å². The van der Waals surface area contributed by atoms with Crippen molar-refractivity contribution in [2.45, 2.75) is 48.0 Å². The third kappa shape index (κ3) is 8.31. The SMILES string of the molecule is CCc1cc(C)cc(C)c1-c1ccc2c(c1)c1cc(-c3ccc4c(-c5ccccc5)c5cc(-c6ccc7c(c6)c6cc(-c8c(C)cc(C)cc8C)ccc6n7-c6ccccc6)ccc5c(-c5ccccc5)c4c3)ccc1n2-c1ccccc1. The molecule has 13 aromatic carbocycles. The Kier molecular flexibility index (Phi) is 12.0. The zero-order valence-corrected chi connectivity index (χ0v) is 47.9. The lowest BCUT2D eigenvalue weighted by Gasteiger charge is -2.20. The second-order valence-corrected chi connectivity index (χ2v) is 23.0. The van der Waals surface area contributed by atoms with Gasteiger partial charge < -0.3 is 9.13 Å². The van der Waals surface area contributed by atoms with Crippen LogP contribution in [0.25, 0.3) is 143 Å². The Morgan fingerprint density at radius 1 is 0.241 bits per heavy atom. The molecular formula is C81H62N2. The summed E-state index contributed by atoms with van der Waals surface area (Å²) < 4.78 is 4.87. The molecule has 0 aliphatic rings. The van der Waals surface area contributed by atoms with Gasteiger partial charge in [0.1, 0.15) is 0 Å². The van der Waals surface area contributed by atoms with E-state index in [2.05, 4.69) is 305 Å². The van der Waals surface area contributed by atoms with E-state index in [4.69, 9.17) is 0 Å². The van der Waals surface area contributed by atoms with Crippen molar-refractivity contribution in [1.29, 1.82) is 0 Å². The molecule has 0 aliphatic carbocycles. The van der Waals surface area contributed by atoms with E-state index in [0.29, 0.717) is 0 Å². The summed E-state index contributed by atoms with van der Waals surface area (Å²) in [5.41, 5.74) is 29.8. The van der Waals surface area contributed by atoms with Crippen molar-refractivity contribution in [3.05, 3.63) is 288 Å². The Bertz CT molecular complexity index is 5050. The summed E-state index contributed by atoms with van der Waals surface area (Å²) in [5.74, 6) is 0. The fourth-order valence-electron chi connectivity index (χ4n) is 14.2. The quantitative estimate of drug-likeness (QED) is 0.128. The first-order valence-corrected chi connectivity index (χ1v) is 29.3. The van der Waals surface area contributed by atoms with Gasteiger partial charge in [0, 0.05) is 32.9 Å². The van der Waals surface area contributed by atoms with Crippen LogP contribution in [0.5, 0.6) is 0 Å². The van der Waals surface area contributed by atoms with Crippen LogP contribution >= 0.6 is 0 Å². The van der Waals surface area contributed by atoms with E-state index < -0.39 is 0 Å². The molecule has 83 heavy (non-hydrogen) atoms. The van der Waals surface area contributed by atoms with Gasteiger partial charge in [-0.25, -0.2) is 0 Å². The molecule has 0 atom stereocenters. The minimum absolute atomic E-state index is 0.982. The highest BCUT2D eigenvalue weighted by atomic mass is 15.0. The molecule has 2 nitrogen and oxygen atoms in total. The van der Waals surface area contributed by atoms with Gasteiger partial charge in [-0.2, -0.15) is 0 Å². The van der Waals surface area contributed by atoms with E-state index in [0.717, 1.165) is 17.8 Å². The summed E-state index contributed by atoms with van der Waals surface area (Å²) in [6.45, 7) is 13.4. The first-order chi connectivity index (χ1) is 40.7. The molecule has 0 spiro atoms. The Hall–Kier alpha value is -10.0. The predicted molar refractivity (Wildman–Crippen MR) is 356 cm³/mol. The van der Waals surface area contributed by atoms with E-state index in [9.17, 15) is 0 Å². The van der Waals surface area contributed by atoms with Gasteiger partial charge in [0.05, 0.1) is 22.1 Å². The van der Waals surface area contributed by atoms with Crippen molar-refractivity contribution in [3.8, 4) is 78.1 Å². The number of rotatable bonds is 9. The number of hydrogen-bond acceptors (Lipinski definition) is 0. The minimum Gasteiger partial charge on any atom is -0.309 e. The van der Waals surface area contributed by atoms with Crippen LogP contribution in [0, 0.1) is 34.6 Å². The molecule has 396 valence electrons. The fraction of sp³-hybridized carbons (Fsp3) is 0.0864. The summed E-state index contributed by atoms with van der Waals surface area (Å²) in [4.78, 5) is 0. The lowest BCUT2D eigenvalue weighted by atomic mass is 9.84. The Balaban J connectivity index is 0.941. The molecule has 0 radical (unpaired) electrons. The molecule has 0 saturated carbocycles. The molecule has 2 heteroatoms. The number of benzene rings is 13. The second kappa shape index (κ2) is 19.9. The molecular weight excluding hydrogens is 1000 g/mol. The maximum absolute atomic E-state index is 2.47. The average molecular weight is 1060 g/mol. The largest absolute Gasteiger partial charge is 0.309 e. The smallest absolute Gasteiger partial charge is 0.0541 e. The van der Waals surface area contributed by atoms with E-state index in [-0.39, 0.29) is 0 Å². The van der Waals surface area contributed by atoms with Crippen molar-refractivity contribution < 1.29 is 0 Å². The summed E-state index contributed by atoms with van der Waals surface area (Å²) >= 11 is 0. The van der Waals surface area contributed by atoms with E-state index in [1.807, 2.05) is 0 Å². The van der Waals surface area contributed by atoms with Gasteiger partial charge in [-0.15, -0.1) is 0 Å². The van der Waals surface area contributed by atoms with Crippen LogP contribution in [-0.4, -0.2) is 9.13 Å². The number of aryl methyl sites for hydroxylation is 6. The number of para-hydroxylation sites is 2. The lowest BCUT2D eigenvalue weighted by Crippen LogP contribution is -1.95. The summed E-state index contributed by atoms with van der Waals surface area (Å²) in [6.07, 6.45) is 0.982. The normalized spacial score (nSPS) is 11.8. The highest BCUT2D eigenvalue weighted by Crippen LogP contribution is 2.48. The number of aromatic nitrogens is 2. The van der Waals surface area contributed by atoms with Crippen molar-refractivity contribution in [2.24, 2.45) is 0 Å². The van der Waals surface area contributed by atoms with Gasteiger partial charge in [0.2, 0.25) is 0 Å². The van der Waals surface area contributed by atoms with Crippen molar-refractivity contribution in [3.63, 3.8) is 0 Å². The molecule has 0 amide bonds. The molecule has 0 aliphatic heterocycles. The third-order valence-corrected chi connectivity index (χ3v) is 17.7. The van der Waals surface area contributed by atoms with Crippen LogP contribution < -0.4 is 0 Å². The molecule has 0 bridgehead atoms. The first-order valence-electron chi connectivity index (χ1n) is 29.3. The lowest BCUT2D eigenvalue weighted by molar-refractivity contribution is 1.12. The van der Waals surface area contributed by atoms with Crippen LogP contribution in [0.4, 0.5) is 0 Å². The third-order valence-electron chi connectivity index (χ3n) is 17.7. The minimum atomic E-state index is 0.982. The summed E-state index contributed by atoms with van der Waals surface area (Å²) in [7, 11) is 0. The van der Waals surface area contributed by atoms with Crippen LogP contribution in [-0.2, 0) is 6.42 Å². The second-order valence-electron chi connectivity index (χ2n) is 23.0. The molecule has 2 heterocycles. The van der Waals surface area contributed by atoms with Crippen molar-refractivity contribution >= 4 is 65.2 Å². The Labute approximate surface area is 485 Å². The Morgan fingerprint density at radius 3 is 0.952 bits per heavy atom. The molecule has 15 aromatic rings. The van der Waals surface area contributed by atoms with E-state index >= 15 is 0 Å². The van der Waals surface area contributed by atoms with Gasteiger partial charge >= 0.3 is 0 Å². The predicted octanol–water partition coefficient (Wildman–Crippen LogP) is 22.3. The number of fused-ring (bicyclic) bond motifs is 8. The van der Waals surface area contributed by atoms with Crippen LogP contribution in [0.3, 0.4) is 0 Å². The highest BCUT2D eigenvalue weighted by molar-refractivity contribution is 6.23. The molecule has 0 saturated heterocycles. The van der Waals surface area contributed by atoms with Gasteiger partial charge in [-0.3, -0.25) is 0 Å². The zero-order valence-electron chi connectivity index (χ0n) is 47.9. The van der Waals surface area contributed by atoms with Crippen LogP contribution in [0.15, 0.2) is 255 Å². The number of nitrogens with zero attached hydrogens (tertiary/aromatic N) is 2. The topological polar surface area (TPSA) is 9.86 Å². The molecule has 0 N–H and O–H groups in total. The standard InChI is InChI=1S/C81H62N2/c1-7-55-43-51(3)42-54(6)79(55)63-33-39-77-71(49-63)69-45-61(31-37-75(69)83(77)65-26-18-11-19-27-65)59-29-35-67-73(47-59)81(57-22-14-9-15-23-57)66-34-28-58(46-72(66)80(67)56-20-12-8-13-21-56)60-30-36-74-68(44-60)70-48-62(78-52(4)40-50(2)41-53(78)5)32-38-76(70)82(74)64-24-16-10-17-25-64/h8-49H,7H2,1-6H3. The first kappa shape index (κ1) is 50.0. The van der Waals surface area contributed by atoms with E-state index in [1.54, 1.807) is 0 Å². The maximum atomic E-state index is 2.47. The average Bonchev–Trinajstić information content (AvgIpc) is 3.06. The van der Waals surface area contributed by atoms with Gasteiger partial charge in [0.25, 0.3) is 0 Å². The number of hydrogen-bond donors (Lipinski definition) is 0. The zero-order chi connectivity index (χ0) is 56.0. The van der Waals surface area contributed by atoms with Crippen molar-refractivity contribution in [1.82, 2.24) is 9.13 Å². The van der Waals surface area contributed by atoms with E-state index in [1.165, 1.54) is 165 Å². The molecule has 2 aromatic heterocycles. The van der Waals surface area contributed by atoms with Crippen molar-refractivity contribution in [2.75, 3.05) is 0 Å². The molecule has 0 unspecified atom stereocenters. The maximum Gasteiger partial charge on any atom is 0.0541 e. The molecule has 0 fully saturated rings. The van der Waals surface area contributed by atoms with Crippen LogP contribution in [0.1, 0.15) is 40.3 Å². The Morgan fingerprint density at radius 2 is 0.554 bits per heavy atom. The van der Waals surface area contributed by atoms with Gasteiger partial charge in [-0.1, -0.05) is 188 Å². The summed E-state index contributed by atoms with van der Waals surface area (Å²) in [5, 5.41) is 9.89. The molecule has 15 rings (SSSR count). The monoisotopic (exact) mass is 1060 g/mol. The highest BCUT2D eigenvalue weighted by Gasteiger charge is 2.22.